The monoisotopic (exact) mass is 1560 g/mol. The smallest absolute Gasteiger partial charge is 0.329 e. The number of carbonyl (C=O) groups is 20. The first-order chi connectivity index (χ1) is 52.4. The molecule has 0 unspecified atom stereocenters. The quantitative estimate of drug-likeness (QED) is 0.0120. The van der Waals surface area contributed by atoms with Gasteiger partial charge in [-0.3, -0.25) is 91.1 Å². The van der Waals surface area contributed by atoms with Crippen molar-refractivity contribution in [1.29, 1.82) is 0 Å². The van der Waals surface area contributed by atoms with Gasteiger partial charge in [0.25, 0.3) is 0 Å². The maximum Gasteiger partial charge on any atom is 0.329 e. The second-order valence-electron chi connectivity index (χ2n) is 26.0. The summed E-state index contributed by atoms with van der Waals surface area (Å²) in [5.41, 5.74) is 12.3. The lowest BCUT2D eigenvalue weighted by Crippen LogP contribution is -2.61. The highest BCUT2D eigenvalue weighted by Gasteiger charge is 2.41. The number of nitrogens with two attached hydrogens (primary N) is 2. The van der Waals surface area contributed by atoms with E-state index in [-0.39, 0.29) is 24.1 Å². The summed E-state index contributed by atoms with van der Waals surface area (Å²) in [6.45, 7) is 0.196. The summed E-state index contributed by atoms with van der Waals surface area (Å²) in [5, 5.41) is 77.7. The summed E-state index contributed by atoms with van der Waals surface area (Å²) in [4.78, 5) is 273. The van der Waals surface area contributed by atoms with Gasteiger partial charge in [0, 0.05) is 47.6 Å². The molecule has 1 saturated heterocycles. The average Bonchev–Trinajstić information content (AvgIpc) is 1.76. The van der Waals surface area contributed by atoms with Crippen LogP contribution in [0.25, 0.3) is 10.9 Å². The van der Waals surface area contributed by atoms with Crippen LogP contribution in [0.2, 0.25) is 0 Å². The zero-order valence-corrected chi connectivity index (χ0v) is 61.0. The van der Waals surface area contributed by atoms with Gasteiger partial charge < -0.3 is 116 Å². The van der Waals surface area contributed by atoms with Gasteiger partial charge >= 0.3 is 29.8 Å². The molecule has 4 rings (SSSR count). The second-order valence-corrected chi connectivity index (χ2v) is 26.0. The van der Waals surface area contributed by atoms with Crippen molar-refractivity contribution in [3.05, 3.63) is 65.9 Å². The number of carboxylic acids is 4. The van der Waals surface area contributed by atoms with E-state index < -0.39 is 256 Å². The number of Topliss-reactive ketones (excluding diaryl/α,β-unsaturated/α-hetero) is 1. The molecule has 42 heteroatoms. The summed E-state index contributed by atoms with van der Waals surface area (Å²) in [6, 6.07) is -8.59. The van der Waals surface area contributed by atoms with Crippen LogP contribution in [0.4, 0.5) is 5.69 Å². The van der Waals surface area contributed by atoms with Crippen molar-refractivity contribution in [2.45, 2.75) is 191 Å². The lowest BCUT2D eigenvalue weighted by Gasteiger charge is -2.30. The van der Waals surface area contributed by atoms with Crippen molar-refractivity contribution in [2.24, 2.45) is 11.7 Å². The molecule has 42 nitrogen and oxygen atoms in total. The number of nitrogen functional groups attached to an aromatic ring is 1. The Balaban J connectivity index is 1.82. The van der Waals surface area contributed by atoms with Crippen molar-refractivity contribution in [2.75, 3.05) is 32.0 Å². The molecule has 111 heavy (non-hydrogen) atoms. The zero-order chi connectivity index (χ0) is 82.8. The van der Waals surface area contributed by atoms with Gasteiger partial charge in [0.1, 0.15) is 66.5 Å². The number of hydrogen-bond donors (Lipinski definition) is 21. The number of nitrogens with one attached hydrogen (secondary N) is 14. The van der Waals surface area contributed by atoms with Crippen LogP contribution in [-0.2, 0) is 102 Å². The van der Waals surface area contributed by atoms with E-state index in [2.05, 4.69) is 49.1 Å². The molecule has 0 saturated carbocycles. The molecule has 0 spiro atoms. The number of ether oxygens (including phenoxy) is 1. The molecular weight excluding hydrogens is 1470 g/mol. The van der Waals surface area contributed by atoms with E-state index in [0.29, 0.717) is 29.3 Å². The van der Waals surface area contributed by atoms with Crippen LogP contribution in [0.1, 0.15) is 134 Å². The number of carboxylic acid groups (broad SMARTS) is 4. The number of hydrogen-bond acceptors (Lipinski definition) is 23. The number of primary amides is 1. The van der Waals surface area contributed by atoms with Crippen LogP contribution in [0.3, 0.4) is 0 Å². The van der Waals surface area contributed by atoms with Crippen LogP contribution >= 0.6 is 0 Å². The van der Waals surface area contributed by atoms with Crippen molar-refractivity contribution in [3.8, 4) is 0 Å². The molecule has 23 N–H and O–H groups in total. The van der Waals surface area contributed by atoms with Crippen LogP contribution in [0.5, 0.6) is 0 Å². The highest BCUT2D eigenvalue weighted by molar-refractivity contribution is 6.05. The number of anilines is 1. The van der Waals surface area contributed by atoms with Gasteiger partial charge in [-0.1, -0.05) is 82.7 Å². The molecule has 1 aromatic heterocycles. The average molecular weight is 1560 g/mol. The van der Waals surface area contributed by atoms with E-state index in [1.165, 1.54) is 24.3 Å². The Morgan fingerprint density at radius 2 is 1.08 bits per heavy atom. The number of aliphatic hydroxyl groups is 1. The molecule has 0 aliphatic carbocycles. The molecule has 1 aliphatic heterocycles. The number of aromatic amines is 1. The minimum atomic E-state index is -2.42. The van der Waals surface area contributed by atoms with Gasteiger partial charge in [-0.25, -0.2) is 4.79 Å². The van der Waals surface area contributed by atoms with E-state index in [0.717, 1.165) is 52.9 Å². The number of cyclic esters (lactones) is 1. The first kappa shape index (κ1) is 90.7. The summed E-state index contributed by atoms with van der Waals surface area (Å²) in [6.07, 6.45) is -1.73. The Labute approximate surface area is 633 Å². The number of benzene rings is 2. The molecule has 2 heterocycles. The molecular formula is C69H94N16O26. The number of para-hydroxylation sites is 2. The lowest BCUT2D eigenvalue weighted by atomic mass is 9.96. The lowest BCUT2D eigenvalue weighted by molar-refractivity contribution is -0.156. The number of H-pyrrole nitrogens is 1. The number of esters is 1. The Morgan fingerprint density at radius 3 is 1.69 bits per heavy atom. The first-order valence-electron chi connectivity index (χ1n) is 35.1. The van der Waals surface area contributed by atoms with E-state index >= 15 is 0 Å². The van der Waals surface area contributed by atoms with E-state index in [1.54, 1.807) is 30.5 Å². The first-order valence-corrected chi connectivity index (χ1v) is 35.1. The number of rotatable bonds is 32. The fourth-order valence-corrected chi connectivity index (χ4v) is 11.1. The third kappa shape index (κ3) is 31.2. The predicted molar refractivity (Wildman–Crippen MR) is 383 cm³/mol. The van der Waals surface area contributed by atoms with Crippen molar-refractivity contribution >= 4 is 135 Å². The number of aliphatic carboxylic acids is 4. The largest absolute Gasteiger partial charge is 0.481 e. The van der Waals surface area contributed by atoms with E-state index in [9.17, 15) is 121 Å². The normalized spacial score (nSPS) is 20.8. The van der Waals surface area contributed by atoms with Crippen molar-refractivity contribution in [1.82, 2.24) is 74.1 Å². The molecule has 12 atom stereocenters. The third-order valence-corrected chi connectivity index (χ3v) is 17.0. The number of unbranched alkanes of at least 4 members (excludes halogenated alkanes) is 6. The van der Waals surface area contributed by atoms with Gasteiger partial charge in [0.05, 0.1) is 58.3 Å². The zero-order valence-electron chi connectivity index (χ0n) is 61.0. The summed E-state index contributed by atoms with van der Waals surface area (Å²) < 4.78 is 5.63. The van der Waals surface area contributed by atoms with Gasteiger partial charge in [-0.05, 0) is 49.9 Å². The van der Waals surface area contributed by atoms with Gasteiger partial charge in [0.2, 0.25) is 82.7 Å². The van der Waals surface area contributed by atoms with Crippen molar-refractivity contribution in [3.63, 3.8) is 0 Å². The molecule has 0 bridgehead atoms. The highest BCUT2D eigenvalue weighted by Crippen LogP contribution is 2.21. The molecule has 0 radical (unpaired) electrons. The van der Waals surface area contributed by atoms with Gasteiger partial charge in [-0.15, -0.1) is 0 Å². The maximum absolute atomic E-state index is 14.7. The highest BCUT2D eigenvalue weighted by atomic mass is 16.5. The Kier molecular flexibility index (Phi) is 37.0. The van der Waals surface area contributed by atoms with Gasteiger partial charge in [-0.2, -0.15) is 0 Å². The molecule has 14 amide bonds. The Morgan fingerprint density at radius 1 is 0.541 bits per heavy atom. The van der Waals surface area contributed by atoms with E-state index in [1.807, 2.05) is 31.9 Å². The second kappa shape index (κ2) is 45.2. The Hall–Kier alpha value is -12.7. The summed E-state index contributed by atoms with van der Waals surface area (Å²) >= 11 is 0. The molecule has 3 aromatic rings. The fraction of sp³-hybridized carbons (Fsp3) is 0.507. The van der Waals surface area contributed by atoms with Crippen LogP contribution in [0, 0.1) is 5.92 Å². The van der Waals surface area contributed by atoms with Crippen LogP contribution < -0.4 is 80.6 Å². The van der Waals surface area contributed by atoms with E-state index in [4.69, 9.17) is 16.2 Å². The molecule has 2 aromatic carbocycles. The predicted octanol–water partition coefficient (Wildman–Crippen LogP) is -5.73. The number of amides is 14. The maximum atomic E-state index is 14.7. The number of aromatic nitrogens is 1. The van der Waals surface area contributed by atoms with Crippen molar-refractivity contribution < 1.29 is 126 Å². The summed E-state index contributed by atoms with van der Waals surface area (Å²) in [7, 11) is 0. The topological polar surface area (TPSA) is 676 Å². The molecule has 1 fully saturated rings. The van der Waals surface area contributed by atoms with Crippen LogP contribution in [-0.4, -0.2) is 242 Å². The fourth-order valence-electron chi connectivity index (χ4n) is 11.1. The minimum Gasteiger partial charge on any atom is -0.481 e. The van der Waals surface area contributed by atoms with Gasteiger partial charge in [0.15, 0.2) is 5.78 Å². The SMILES string of the molecule is CCCCCCCCCC(=O)N[C@@H](Cc1c[nH]c2ccccc12)C(=O)N[C@@H](CC(N)=O)C(=O)N[C@@H](CC(=O)O)C(=O)N[C@@H]1C(=O)NCC(=O)NCC(=O)N[C@@H](CC(=O)O)C(=O)N[C@H](C)C(=O)N[C@@H](CC(=O)O)C(=O)NCC(=O)N[C@H](CO)C(=O)N[C@@H]([C@@H](C)CC(=O)O)C(=O)N[C@@H](CC(=O)c2ccccc2N)C(=O)O[C@@H]1C. The standard InChI is InChI=1S/C69H94N16O26/c1-5-6-7-8-9-10-11-20-50(89)77-41(22-36-28-72-40-19-15-13-16-37(36)40)63(104)81-42(24-49(71)88)64(105)82-45(27-57(99)100)65(106)85-59-35(4)111-69(110)46(23-48(87)38-17-12-14-18-39(38)70)83-68(109)58(33(2)21-54(93)94)84-66(107)47(32-86)79-53(92)31-74-61(102)43(25-55(95)96)80-60(101)34(3)76-62(103)44(26-56(97)98)78-52(91)30-73-51(90)29-75-67(59)108/h12-19,28,33-35,41-47,58-59,72,86H,5-11,20-27,29-32,70H2,1-4H3,(H2,71,88)(H,73,90)(H,74,102)(H,75,108)(H,76,103)(H,77,89)(H,78,91)(H,79,92)(H,80,101)(H,81,104)(H,82,105)(H,83,109)(H,84,107)(H,85,106)(H,93,94)(H,95,96)(H,97,98)(H,99,100)/t33-,34+,35+,41-,42-,43-,44-,45-,46-,47+,58-,59-/m0/s1. The summed E-state index contributed by atoms with van der Waals surface area (Å²) in [5.74, 6) is -29.6. The Bertz CT molecular complexity index is 3940. The molecule has 1 aliphatic rings. The number of aliphatic hydroxyl groups excluding tert-OH is 1. The minimum absolute atomic E-state index is 0.0143. The van der Waals surface area contributed by atoms with Crippen LogP contribution in [0.15, 0.2) is 54.7 Å². The number of fused-ring (bicyclic) bond motifs is 1. The molecule has 606 valence electrons. The number of ketones is 1. The third-order valence-electron chi connectivity index (χ3n) is 17.0. The number of carbonyl (C=O) groups excluding carboxylic acids is 16.